The number of ether oxygens (including phenoxy) is 2. The highest BCUT2D eigenvalue weighted by molar-refractivity contribution is 6.02. The minimum absolute atomic E-state index is 0.00897. The molecule has 2 aromatic carbocycles. The molecule has 5 atom stereocenters. The molecule has 3 aliphatic heterocycles. The number of alkyl halides is 6. The molecule has 4 aliphatic rings. The number of anilines is 1. The predicted molar refractivity (Wildman–Crippen MR) is 198 cm³/mol. The Kier molecular flexibility index (Phi) is 10.0. The van der Waals surface area contributed by atoms with E-state index in [-0.39, 0.29) is 48.8 Å². The summed E-state index contributed by atoms with van der Waals surface area (Å²) in [7, 11) is 0. The maximum absolute atomic E-state index is 17.2. The van der Waals surface area contributed by atoms with Gasteiger partial charge in [0, 0.05) is 35.6 Å². The van der Waals surface area contributed by atoms with E-state index in [0.29, 0.717) is 84.0 Å². The number of hydrogen-bond acceptors (Lipinski definition) is 8. The van der Waals surface area contributed by atoms with Crippen LogP contribution in [-0.2, 0) is 11.2 Å². The Morgan fingerprint density at radius 3 is 2.53 bits per heavy atom. The molecule has 2 N–H and O–H groups in total. The minimum atomic E-state index is -5.67. The molecule has 2 aromatic heterocycles. The summed E-state index contributed by atoms with van der Waals surface area (Å²) in [5.74, 6) is 1.71. The van der Waals surface area contributed by atoms with Gasteiger partial charge in [-0.2, -0.15) is 36.3 Å². The highest BCUT2D eigenvalue weighted by atomic mass is 19.4. The van der Waals surface area contributed by atoms with Crippen molar-refractivity contribution in [3.63, 3.8) is 0 Å². The lowest BCUT2D eigenvalue weighted by atomic mass is 9.95. The molecule has 0 amide bonds. The van der Waals surface area contributed by atoms with Crippen LogP contribution in [0.15, 0.2) is 30.3 Å². The number of halogens is 8. The molecule has 1 saturated carbocycles. The van der Waals surface area contributed by atoms with Gasteiger partial charge in [0.1, 0.15) is 29.5 Å². The molecule has 2 saturated heterocycles. The number of nitrogens with one attached hydrogen (secondary N) is 2. The third-order valence-electron chi connectivity index (χ3n) is 12.5. The van der Waals surface area contributed by atoms with Crippen LogP contribution in [0.4, 0.5) is 40.9 Å². The van der Waals surface area contributed by atoms with Crippen molar-refractivity contribution in [3.05, 3.63) is 53.2 Å². The number of pyridine rings is 1. The van der Waals surface area contributed by atoms with Gasteiger partial charge >= 0.3 is 18.4 Å². The Balaban J connectivity index is 1.17. The summed E-state index contributed by atoms with van der Waals surface area (Å²) in [5.41, 5.74) is -4.37. The van der Waals surface area contributed by atoms with Crippen molar-refractivity contribution in [3.8, 4) is 29.6 Å². The number of rotatable bonds is 8. The Morgan fingerprint density at radius 2 is 1.79 bits per heavy atom. The second kappa shape index (κ2) is 14.5. The van der Waals surface area contributed by atoms with Gasteiger partial charge in [-0.05, 0) is 82.2 Å². The predicted octanol–water partition coefficient (Wildman–Crippen LogP) is 8.50. The fourth-order valence-corrected chi connectivity index (χ4v) is 8.98. The molecule has 16 heteroatoms. The van der Waals surface area contributed by atoms with Crippen LogP contribution in [-0.4, -0.2) is 87.8 Å². The summed E-state index contributed by atoms with van der Waals surface area (Å²) < 4.78 is 125. The zero-order valence-electron chi connectivity index (χ0n) is 31.4. The van der Waals surface area contributed by atoms with E-state index in [2.05, 4.69) is 28.5 Å². The Bertz CT molecular complexity index is 2230. The van der Waals surface area contributed by atoms with Crippen molar-refractivity contribution >= 4 is 27.5 Å². The van der Waals surface area contributed by atoms with Gasteiger partial charge in [-0.1, -0.05) is 37.1 Å². The second-order valence-corrected chi connectivity index (χ2v) is 15.9. The summed E-state index contributed by atoms with van der Waals surface area (Å²) in [6, 6.07) is 7.49. The molecular weight excluding hydrogens is 760 g/mol. The normalized spacial score (nSPS) is 25.4. The van der Waals surface area contributed by atoms with Gasteiger partial charge in [0.2, 0.25) is 0 Å². The SMILES string of the molecule is C#Cc1c(F)ccc2cccc(-c3nc4c5c(nc(OC[C@@]67CCCN6[C@H](COC(C)(C(F)(F)F)C(F)(F)F)CC7)nc5c3F)NC[C@@H](CC)N[C@H]3C[C@@H]3CC4)c12. The van der Waals surface area contributed by atoms with Gasteiger partial charge in [-0.25, -0.2) is 13.8 Å². The molecule has 0 spiro atoms. The zero-order chi connectivity index (χ0) is 40.5. The molecule has 304 valence electrons. The van der Waals surface area contributed by atoms with Crippen LogP contribution in [0.2, 0.25) is 0 Å². The third-order valence-corrected chi connectivity index (χ3v) is 12.5. The van der Waals surface area contributed by atoms with E-state index in [4.69, 9.17) is 25.9 Å². The summed E-state index contributed by atoms with van der Waals surface area (Å²) >= 11 is 0. The van der Waals surface area contributed by atoms with Crippen LogP contribution in [0.3, 0.4) is 0 Å². The van der Waals surface area contributed by atoms with E-state index < -0.39 is 47.8 Å². The van der Waals surface area contributed by atoms with Gasteiger partial charge in [0.25, 0.3) is 5.60 Å². The van der Waals surface area contributed by atoms with Crippen LogP contribution >= 0.6 is 0 Å². The maximum atomic E-state index is 17.2. The number of nitrogens with zero attached hydrogens (tertiary/aromatic N) is 4. The number of terminal acetylenes is 1. The van der Waals surface area contributed by atoms with E-state index in [1.807, 2.05) is 4.90 Å². The van der Waals surface area contributed by atoms with Crippen molar-refractivity contribution in [1.29, 1.82) is 0 Å². The van der Waals surface area contributed by atoms with Crippen molar-refractivity contribution in [1.82, 2.24) is 25.2 Å². The number of benzene rings is 2. The lowest BCUT2D eigenvalue weighted by molar-refractivity contribution is -0.375. The highest BCUT2D eigenvalue weighted by Crippen LogP contribution is 2.48. The van der Waals surface area contributed by atoms with Crippen molar-refractivity contribution in [2.24, 2.45) is 5.92 Å². The average molecular weight is 803 g/mol. The van der Waals surface area contributed by atoms with Gasteiger partial charge in [0.15, 0.2) is 5.82 Å². The Morgan fingerprint density at radius 1 is 1.00 bits per heavy atom. The van der Waals surface area contributed by atoms with E-state index in [1.165, 1.54) is 6.07 Å². The number of aromatic nitrogens is 3. The van der Waals surface area contributed by atoms with Crippen molar-refractivity contribution in [2.45, 2.75) is 107 Å². The standard InChI is InChI=1S/C41H42F8N6O2/c1-4-24-19-50-36-32-29(13-11-23-18-30(23)51-24)52-34(27-9-6-8-22-10-12-28(42)26(5-2)31(22)27)33(43)35(32)53-37(54-36)56-21-39-15-7-17-55(39)25(14-16-39)20-57-38(3,40(44,45)46)41(47,48)49/h2,6,8-10,12,23-25,30,51H,4,7,11,13-21H2,1,3H3,(H,50,53,54)/t23-,24+,25-,30-,39-/m0/s1. The molecule has 0 radical (unpaired) electrons. The first-order chi connectivity index (χ1) is 27.1. The first kappa shape index (κ1) is 39.5. The molecule has 3 fully saturated rings. The van der Waals surface area contributed by atoms with Gasteiger partial charge in [-0.15, -0.1) is 6.42 Å². The van der Waals surface area contributed by atoms with Crippen LogP contribution in [0.5, 0.6) is 6.01 Å². The summed E-state index contributed by atoms with van der Waals surface area (Å²) in [4.78, 5) is 16.1. The molecule has 1 aliphatic carbocycles. The molecule has 0 bridgehead atoms. The topological polar surface area (TPSA) is 84.4 Å². The number of hydrogen-bond donors (Lipinski definition) is 2. The van der Waals surface area contributed by atoms with Crippen LogP contribution < -0.4 is 15.4 Å². The molecule has 5 heterocycles. The third kappa shape index (κ3) is 6.93. The summed E-state index contributed by atoms with van der Waals surface area (Å²) in [6.07, 6.45) is -0.602. The summed E-state index contributed by atoms with van der Waals surface area (Å²) in [6.45, 7) is 2.12. The number of fused-ring (bicyclic) bond motifs is 3. The van der Waals surface area contributed by atoms with E-state index in [0.717, 1.165) is 19.3 Å². The lowest BCUT2D eigenvalue weighted by Gasteiger charge is -2.37. The summed E-state index contributed by atoms with van der Waals surface area (Å²) in [5, 5.41) is 8.42. The fourth-order valence-electron chi connectivity index (χ4n) is 8.98. The molecule has 57 heavy (non-hydrogen) atoms. The lowest BCUT2D eigenvalue weighted by Crippen LogP contribution is -2.58. The first-order valence-corrected chi connectivity index (χ1v) is 19.3. The molecule has 4 aromatic rings. The quantitative estimate of drug-likeness (QED) is 0.136. The highest BCUT2D eigenvalue weighted by Gasteiger charge is 2.69. The van der Waals surface area contributed by atoms with Gasteiger partial charge in [0.05, 0.1) is 28.8 Å². The molecule has 0 unspecified atom stereocenters. The molecular formula is C41H42F8N6O2. The Labute approximate surface area is 324 Å². The van der Waals surface area contributed by atoms with E-state index >= 15 is 8.78 Å². The smallest absolute Gasteiger partial charge is 0.426 e. The van der Waals surface area contributed by atoms with E-state index in [9.17, 15) is 26.3 Å². The fraction of sp³-hybridized carbons (Fsp3) is 0.537. The largest absolute Gasteiger partial charge is 0.461 e. The van der Waals surface area contributed by atoms with E-state index in [1.54, 1.807) is 24.3 Å². The zero-order valence-corrected chi connectivity index (χ0v) is 31.4. The maximum Gasteiger partial charge on any atom is 0.426 e. The van der Waals surface area contributed by atoms with Crippen LogP contribution in [0.1, 0.15) is 70.1 Å². The van der Waals surface area contributed by atoms with Crippen LogP contribution in [0.25, 0.3) is 32.9 Å². The van der Waals surface area contributed by atoms with Crippen LogP contribution in [0, 0.1) is 29.9 Å². The second-order valence-electron chi connectivity index (χ2n) is 15.9. The molecule has 8 rings (SSSR count). The van der Waals surface area contributed by atoms with Gasteiger partial charge < -0.3 is 20.1 Å². The molecule has 8 nitrogen and oxygen atoms in total. The Hall–Kier alpha value is -4.33. The first-order valence-electron chi connectivity index (χ1n) is 19.3. The average Bonchev–Trinajstić information content (AvgIpc) is 3.63. The van der Waals surface area contributed by atoms with Gasteiger partial charge in [-0.3, -0.25) is 4.90 Å². The minimum Gasteiger partial charge on any atom is -0.461 e. The van der Waals surface area contributed by atoms with Crippen molar-refractivity contribution < 1.29 is 44.6 Å². The van der Waals surface area contributed by atoms with Crippen molar-refractivity contribution in [2.75, 3.05) is 31.6 Å². The number of aryl methyl sites for hydroxylation is 1. The monoisotopic (exact) mass is 802 g/mol.